The second-order valence-electron chi connectivity index (χ2n) is 9.63. The summed E-state index contributed by atoms with van der Waals surface area (Å²) in [4.78, 5) is 5.23. The second kappa shape index (κ2) is 8.16. The molecule has 0 unspecified atom stereocenters. The van der Waals surface area contributed by atoms with E-state index in [9.17, 15) is 0 Å². The molecule has 7 rings (SSSR count). The van der Waals surface area contributed by atoms with Crippen LogP contribution in [0.5, 0.6) is 0 Å². The zero-order valence-corrected chi connectivity index (χ0v) is 20.8. The molecule has 35 heavy (non-hydrogen) atoms. The lowest BCUT2D eigenvalue weighted by Gasteiger charge is -2.26. The van der Waals surface area contributed by atoms with Gasteiger partial charge in [0, 0.05) is 64.9 Å². The molecule has 0 saturated carbocycles. The van der Waals surface area contributed by atoms with Gasteiger partial charge in [0.25, 0.3) is 0 Å². The molecule has 6 nitrogen and oxygen atoms in total. The van der Waals surface area contributed by atoms with Crippen molar-refractivity contribution in [1.29, 1.82) is 0 Å². The van der Waals surface area contributed by atoms with Gasteiger partial charge in [0.05, 0.1) is 36.3 Å². The molecule has 176 valence electrons. The van der Waals surface area contributed by atoms with Gasteiger partial charge < -0.3 is 4.74 Å². The Balaban J connectivity index is 1.17. The van der Waals surface area contributed by atoms with E-state index in [0.29, 0.717) is 0 Å². The Bertz CT molecular complexity index is 1570. The molecule has 2 aliphatic rings. The molecule has 1 aliphatic heterocycles. The van der Waals surface area contributed by atoms with E-state index in [1.165, 1.54) is 43.3 Å². The van der Waals surface area contributed by atoms with Crippen LogP contribution in [0.15, 0.2) is 48.7 Å². The predicted molar refractivity (Wildman–Crippen MR) is 141 cm³/mol. The summed E-state index contributed by atoms with van der Waals surface area (Å²) < 4.78 is 7.41. The minimum absolute atomic E-state index is 0.840. The molecule has 1 saturated heterocycles. The van der Waals surface area contributed by atoms with Crippen molar-refractivity contribution in [2.45, 2.75) is 19.9 Å². The first-order chi connectivity index (χ1) is 17.1. The lowest BCUT2D eigenvalue weighted by molar-refractivity contribution is 0.0342. The third kappa shape index (κ3) is 3.54. The molecular formula is C28H27N5OS. The van der Waals surface area contributed by atoms with Crippen LogP contribution in [-0.4, -0.2) is 51.2 Å². The first-order valence-corrected chi connectivity index (χ1v) is 13.0. The van der Waals surface area contributed by atoms with E-state index < -0.39 is 0 Å². The van der Waals surface area contributed by atoms with E-state index in [-0.39, 0.29) is 0 Å². The number of morpholine rings is 1. The fraction of sp³-hybridized carbons (Fsp3) is 0.286. The zero-order valence-electron chi connectivity index (χ0n) is 20.0. The number of benzene rings is 2. The average Bonchev–Trinajstić information content (AvgIpc) is 3.62. The number of aryl methyl sites for hydroxylation is 2. The van der Waals surface area contributed by atoms with Crippen LogP contribution in [-0.2, 0) is 24.8 Å². The van der Waals surface area contributed by atoms with E-state index in [1.54, 1.807) is 0 Å². The van der Waals surface area contributed by atoms with Crippen LogP contribution in [0.1, 0.15) is 21.6 Å². The number of hydrogen-bond acceptors (Lipinski definition) is 5. The van der Waals surface area contributed by atoms with Crippen molar-refractivity contribution in [3.05, 3.63) is 70.2 Å². The van der Waals surface area contributed by atoms with Gasteiger partial charge in [0.1, 0.15) is 0 Å². The molecule has 7 heteroatoms. The van der Waals surface area contributed by atoms with Crippen molar-refractivity contribution in [2.24, 2.45) is 7.05 Å². The number of H-pyrrole nitrogens is 1. The number of thiophene rings is 1. The third-order valence-corrected chi connectivity index (χ3v) is 8.54. The summed E-state index contributed by atoms with van der Waals surface area (Å²) in [5.74, 6) is 0. The maximum Gasteiger partial charge on any atom is 0.0963 e. The van der Waals surface area contributed by atoms with E-state index in [1.807, 2.05) is 29.3 Å². The molecule has 3 aromatic heterocycles. The molecule has 0 amide bonds. The molecule has 0 spiro atoms. The fourth-order valence-electron chi connectivity index (χ4n) is 5.47. The summed E-state index contributed by atoms with van der Waals surface area (Å²) >= 11 is 1.91. The molecule has 0 bridgehead atoms. The number of hydrogen-bond donors (Lipinski definition) is 1. The SMILES string of the molecule is Cc1cc(CN2CCOCC2)ccc1-c1cc2c(s1)Cc1c(-c3ccc4cnn(C)c4c3)n[nH]c1-2. The second-order valence-corrected chi connectivity index (χ2v) is 10.8. The molecule has 5 aromatic rings. The van der Waals surface area contributed by atoms with Crippen molar-refractivity contribution in [3.8, 4) is 33.0 Å². The molecule has 0 atom stereocenters. The lowest BCUT2D eigenvalue weighted by atomic mass is 10.0. The largest absolute Gasteiger partial charge is 0.379 e. The number of aromatic nitrogens is 4. The fourth-order valence-corrected chi connectivity index (χ4v) is 6.74. The summed E-state index contributed by atoms with van der Waals surface area (Å²) in [6.45, 7) is 6.94. The third-order valence-electron chi connectivity index (χ3n) is 7.37. The maximum atomic E-state index is 5.49. The summed E-state index contributed by atoms with van der Waals surface area (Å²) in [6.07, 6.45) is 2.84. The van der Waals surface area contributed by atoms with E-state index in [2.05, 4.69) is 64.5 Å². The molecule has 1 aliphatic carbocycles. The van der Waals surface area contributed by atoms with Gasteiger partial charge in [0.2, 0.25) is 0 Å². The molecule has 1 fully saturated rings. The number of ether oxygens (including phenoxy) is 1. The van der Waals surface area contributed by atoms with Crippen LogP contribution in [0, 0.1) is 6.92 Å². The Kier molecular flexibility index (Phi) is 4.91. The first kappa shape index (κ1) is 21.1. The Morgan fingerprint density at radius 3 is 2.80 bits per heavy atom. The van der Waals surface area contributed by atoms with Crippen molar-refractivity contribution in [1.82, 2.24) is 24.9 Å². The van der Waals surface area contributed by atoms with Gasteiger partial charge in [-0.15, -0.1) is 11.3 Å². The predicted octanol–water partition coefficient (Wildman–Crippen LogP) is 5.40. The molecule has 2 aromatic carbocycles. The standard InChI is InChI=1S/C28H27N5OS/c1-17-11-18(16-33-7-9-34-10-8-33)3-6-21(17)25-13-22-26(35-25)14-23-27(30-31-28(22)23)19-4-5-20-15-29-32(2)24(20)12-19/h3-6,11-13,15H,7-10,14,16H2,1-2H3,(H,30,31). The Hall–Kier alpha value is -3.26. The topological polar surface area (TPSA) is 59.0 Å². The van der Waals surface area contributed by atoms with Crippen LogP contribution in [0.4, 0.5) is 0 Å². The molecule has 0 radical (unpaired) electrons. The minimum atomic E-state index is 0.840. The van der Waals surface area contributed by atoms with Crippen molar-refractivity contribution in [3.63, 3.8) is 0 Å². The normalized spacial score (nSPS) is 15.6. The van der Waals surface area contributed by atoms with Crippen molar-refractivity contribution in [2.75, 3.05) is 26.3 Å². The van der Waals surface area contributed by atoms with Crippen LogP contribution in [0.25, 0.3) is 43.9 Å². The van der Waals surface area contributed by atoms with Crippen LogP contribution >= 0.6 is 11.3 Å². The Morgan fingerprint density at radius 1 is 1.06 bits per heavy atom. The number of fused-ring (bicyclic) bond motifs is 4. The minimum Gasteiger partial charge on any atom is -0.379 e. The summed E-state index contributed by atoms with van der Waals surface area (Å²) in [6, 6.07) is 15.8. The Morgan fingerprint density at radius 2 is 1.94 bits per heavy atom. The molecule has 4 heterocycles. The maximum absolute atomic E-state index is 5.49. The van der Waals surface area contributed by atoms with Gasteiger partial charge in [-0.25, -0.2) is 0 Å². The van der Waals surface area contributed by atoms with Gasteiger partial charge in [0.15, 0.2) is 0 Å². The molecular weight excluding hydrogens is 454 g/mol. The average molecular weight is 482 g/mol. The van der Waals surface area contributed by atoms with Gasteiger partial charge in [-0.05, 0) is 35.7 Å². The first-order valence-electron chi connectivity index (χ1n) is 12.2. The number of aromatic amines is 1. The van der Waals surface area contributed by atoms with Crippen LogP contribution in [0.2, 0.25) is 0 Å². The monoisotopic (exact) mass is 481 g/mol. The Labute approximate surface area is 208 Å². The molecule has 1 N–H and O–H groups in total. The lowest BCUT2D eigenvalue weighted by Crippen LogP contribution is -2.35. The number of rotatable bonds is 4. The summed E-state index contributed by atoms with van der Waals surface area (Å²) in [7, 11) is 1.98. The quantitative estimate of drug-likeness (QED) is 0.366. The van der Waals surface area contributed by atoms with E-state index in [0.717, 1.165) is 61.4 Å². The van der Waals surface area contributed by atoms with Gasteiger partial charge in [-0.1, -0.05) is 30.3 Å². The highest BCUT2D eigenvalue weighted by Gasteiger charge is 2.28. The van der Waals surface area contributed by atoms with Crippen molar-refractivity contribution < 1.29 is 4.74 Å². The van der Waals surface area contributed by atoms with Crippen LogP contribution < -0.4 is 0 Å². The van der Waals surface area contributed by atoms with Gasteiger partial charge in [-0.2, -0.15) is 10.2 Å². The summed E-state index contributed by atoms with van der Waals surface area (Å²) in [5, 5.41) is 13.6. The number of nitrogens with one attached hydrogen (secondary N) is 1. The van der Waals surface area contributed by atoms with Gasteiger partial charge in [-0.3, -0.25) is 14.7 Å². The smallest absolute Gasteiger partial charge is 0.0963 e. The van der Waals surface area contributed by atoms with Crippen LogP contribution in [0.3, 0.4) is 0 Å². The van der Waals surface area contributed by atoms with E-state index >= 15 is 0 Å². The highest BCUT2D eigenvalue weighted by atomic mass is 32.1. The zero-order chi connectivity index (χ0) is 23.5. The van der Waals surface area contributed by atoms with Crippen molar-refractivity contribution >= 4 is 22.2 Å². The summed E-state index contributed by atoms with van der Waals surface area (Å²) in [5.41, 5.74) is 11.1. The van der Waals surface area contributed by atoms with E-state index in [4.69, 9.17) is 9.84 Å². The van der Waals surface area contributed by atoms with Gasteiger partial charge >= 0.3 is 0 Å². The number of nitrogens with zero attached hydrogens (tertiary/aromatic N) is 4. The highest BCUT2D eigenvalue weighted by Crippen LogP contribution is 2.47. The highest BCUT2D eigenvalue weighted by molar-refractivity contribution is 7.16.